The molecule has 39 heavy (non-hydrogen) atoms. The van der Waals surface area contributed by atoms with Gasteiger partial charge in [-0.3, -0.25) is 9.59 Å². The molecule has 5 heteroatoms. The standard InChI is InChI=1S/C25H40O2.C9H16O3/c1-16-6-4-12-23(2)18(16)10-14-24(3)19-11-15-25(22(26)27)13-5-7-20(25)17(19)8-9-21(23)24;1-2-3-4-5-9(10)12-7-8-6-11-8/h16-21H,4-15H2,1-3H3,(H,26,27);8H,2-7H2,1H3. The van der Waals surface area contributed by atoms with E-state index in [9.17, 15) is 14.7 Å². The highest BCUT2D eigenvalue weighted by molar-refractivity contribution is 5.75. The summed E-state index contributed by atoms with van der Waals surface area (Å²) in [5.74, 6) is 4.14. The van der Waals surface area contributed by atoms with E-state index in [0.717, 1.165) is 68.8 Å². The zero-order chi connectivity index (χ0) is 27.8. The van der Waals surface area contributed by atoms with E-state index in [1.54, 1.807) is 0 Å². The molecule has 0 aromatic rings. The number of carboxylic acids is 1. The van der Waals surface area contributed by atoms with E-state index < -0.39 is 5.97 Å². The van der Waals surface area contributed by atoms with E-state index in [1.165, 1.54) is 57.8 Å². The molecular formula is C34H56O5. The van der Waals surface area contributed by atoms with Gasteiger partial charge in [-0.1, -0.05) is 59.8 Å². The Kier molecular flexibility index (Phi) is 8.78. The topological polar surface area (TPSA) is 76.1 Å². The number of unbranched alkanes of at least 4 members (excludes halogenated alkanes) is 2. The molecule has 0 aromatic carbocycles. The van der Waals surface area contributed by atoms with Crippen LogP contribution < -0.4 is 0 Å². The van der Waals surface area contributed by atoms with Gasteiger partial charge < -0.3 is 14.6 Å². The summed E-state index contributed by atoms with van der Waals surface area (Å²) in [6.45, 7) is 11.2. The molecule has 222 valence electrons. The lowest BCUT2D eigenvalue weighted by Crippen LogP contribution is -2.60. The van der Waals surface area contributed by atoms with Crippen molar-refractivity contribution in [2.45, 2.75) is 137 Å². The molecule has 0 radical (unpaired) electrons. The molecule has 10 atom stereocenters. The molecule has 5 nitrogen and oxygen atoms in total. The third kappa shape index (κ3) is 5.44. The SMILES string of the molecule is CC1CCCC2(C)C1CCC1(C)C3CCC4(C(=O)O)CCCC4C3CCC21.CCCCCC(=O)OCC1CO1. The molecule has 5 aliphatic carbocycles. The second-order valence-corrected chi connectivity index (χ2v) is 15.0. The molecule has 0 spiro atoms. The second-order valence-electron chi connectivity index (χ2n) is 15.0. The Labute approximate surface area is 237 Å². The highest BCUT2D eigenvalue weighted by atomic mass is 16.6. The maximum Gasteiger partial charge on any atom is 0.309 e. The molecular weight excluding hydrogens is 488 g/mol. The van der Waals surface area contributed by atoms with Crippen molar-refractivity contribution >= 4 is 11.9 Å². The number of epoxide rings is 1. The van der Waals surface area contributed by atoms with Crippen LogP contribution in [0, 0.1) is 51.8 Å². The van der Waals surface area contributed by atoms with Gasteiger partial charge in [-0.05, 0) is 111 Å². The van der Waals surface area contributed by atoms with Crippen molar-refractivity contribution in [2.75, 3.05) is 13.2 Å². The number of rotatable bonds is 7. The summed E-state index contributed by atoms with van der Waals surface area (Å²) in [7, 11) is 0. The van der Waals surface area contributed by atoms with Gasteiger partial charge in [0, 0.05) is 6.42 Å². The Morgan fingerprint density at radius 1 is 0.872 bits per heavy atom. The normalized spacial score (nSPS) is 45.9. The number of ether oxygens (including phenoxy) is 2. The average Bonchev–Trinajstić information content (AvgIpc) is 3.62. The van der Waals surface area contributed by atoms with E-state index >= 15 is 0 Å². The zero-order valence-corrected chi connectivity index (χ0v) is 25.3. The number of carboxylic acid groups (broad SMARTS) is 1. The minimum atomic E-state index is -0.465. The van der Waals surface area contributed by atoms with Gasteiger partial charge in [-0.2, -0.15) is 0 Å². The number of esters is 1. The van der Waals surface area contributed by atoms with Gasteiger partial charge in [0.15, 0.2) is 0 Å². The minimum absolute atomic E-state index is 0.0843. The fourth-order valence-electron chi connectivity index (χ4n) is 11.2. The maximum absolute atomic E-state index is 12.3. The lowest BCUT2D eigenvalue weighted by atomic mass is 9.38. The van der Waals surface area contributed by atoms with Gasteiger partial charge in [0.05, 0.1) is 12.0 Å². The van der Waals surface area contributed by atoms with Crippen molar-refractivity contribution in [2.24, 2.45) is 51.8 Å². The van der Waals surface area contributed by atoms with Gasteiger partial charge in [0.1, 0.15) is 12.7 Å². The van der Waals surface area contributed by atoms with Crippen molar-refractivity contribution in [3.63, 3.8) is 0 Å². The van der Waals surface area contributed by atoms with Crippen LogP contribution in [0.1, 0.15) is 130 Å². The quantitative estimate of drug-likeness (QED) is 0.199. The second kappa shape index (κ2) is 11.6. The zero-order valence-electron chi connectivity index (χ0n) is 25.3. The predicted octanol–water partition coefficient (Wildman–Crippen LogP) is 8.05. The lowest BCUT2D eigenvalue weighted by Gasteiger charge is -2.67. The van der Waals surface area contributed by atoms with Crippen molar-refractivity contribution in [1.82, 2.24) is 0 Å². The molecule has 0 amide bonds. The smallest absolute Gasteiger partial charge is 0.309 e. The maximum atomic E-state index is 12.3. The van der Waals surface area contributed by atoms with Crippen LogP contribution in [0.5, 0.6) is 0 Å². The van der Waals surface area contributed by atoms with Crippen LogP contribution in [-0.4, -0.2) is 36.4 Å². The number of carbonyl (C=O) groups excluding carboxylic acids is 1. The summed E-state index contributed by atoms with van der Waals surface area (Å²) in [5.41, 5.74) is 0.663. The highest BCUT2D eigenvalue weighted by Crippen LogP contribution is 2.71. The molecule has 1 heterocycles. The Balaban J connectivity index is 0.000000217. The van der Waals surface area contributed by atoms with Crippen LogP contribution in [0.4, 0.5) is 0 Å². The van der Waals surface area contributed by atoms with E-state index in [0.29, 0.717) is 35.7 Å². The molecule has 6 aliphatic rings. The number of hydrogen-bond acceptors (Lipinski definition) is 4. The molecule has 0 bridgehead atoms. The van der Waals surface area contributed by atoms with Crippen LogP contribution in [-0.2, 0) is 19.1 Å². The molecule has 6 rings (SSSR count). The van der Waals surface area contributed by atoms with E-state index in [4.69, 9.17) is 9.47 Å². The van der Waals surface area contributed by atoms with Gasteiger partial charge in [-0.25, -0.2) is 0 Å². The molecule has 5 saturated carbocycles. The Morgan fingerprint density at radius 3 is 2.31 bits per heavy atom. The number of carbonyl (C=O) groups is 2. The Bertz CT molecular complexity index is 883. The van der Waals surface area contributed by atoms with Crippen molar-refractivity contribution in [1.29, 1.82) is 0 Å². The molecule has 1 N–H and O–H groups in total. The summed E-state index contributed by atoms with van der Waals surface area (Å²) in [5, 5.41) is 10.1. The monoisotopic (exact) mass is 544 g/mol. The summed E-state index contributed by atoms with van der Waals surface area (Å²) < 4.78 is 9.86. The van der Waals surface area contributed by atoms with Crippen LogP contribution in [0.25, 0.3) is 0 Å². The summed E-state index contributed by atoms with van der Waals surface area (Å²) >= 11 is 0. The van der Waals surface area contributed by atoms with Crippen LogP contribution >= 0.6 is 0 Å². The third-order valence-corrected chi connectivity index (χ3v) is 13.2. The van der Waals surface area contributed by atoms with Gasteiger partial charge in [0.2, 0.25) is 0 Å². The van der Waals surface area contributed by atoms with E-state index in [1.807, 2.05) is 0 Å². The summed E-state index contributed by atoms with van der Waals surface area (Å²) in [6.07, 6.45) is 19.3. The molecule has 6 fully saturated rings. The first-order valence-corrected chi connectivity index (χ1v) is 16.7. The number of aliphatic carboxylic acids is 1. The van der Waals surface area contributed by atoms with Crippen LogP contribution in [0.3, 0.4) is 0 Å². The van der Waals surface area contributed by atoms with E-state index in [-0.39, 0.29) is 17.5 Å². The van der Waals surface area contributed by atoms with Crippen LogP contribution in [0.2, 0.25) is 0 Å². The first kappa shape index (κ1) is 29.4. The highest BCUT2D eigenvalue weighted by Gasteiger charge is 2.65. The van der Waals surface area contributed by atoms with Gasteiger partial charge in [-0.15, -0.1) is 0 Å². The molecule has 1 saturated heterocycles. The fourth-order valence-corrected chi connectivity index (χ4v) is 11.2. The van der Waals surface area contributed by atoms with Gasteiger partial charge >= 0.3 is 11.9 Å². The van der Waals surface area contributed by atoms with Gasteiger partial charge in [0.25, 0.3) is 0 Å². The molecule has 1 aliphatic heterocycles. The Morgan fingerprint density at radius 2 is 1.59 bits per heavy atom. The lowest BCUT2D eigenvalue weighted by molar-refractivity contribution is -0.190. The number of hydrogen-bond donors (Lipinski definition) is 1. The predicted molar refractivity (Wildman–Crippen MR) is 153 cm³/mol. The Hall–Kier alpha value is -1.10. The van der Waals surface area contributed by atoms with Crippen LogP contribution in [0.15, 0.2) is 0 Å². The van der Waals surface area contributed by atoms with Crippen molar-refractivity contribution in [3.05, 3.63) is 0 Å². The fraction of sp³-hybridized carbons (Fsp3) is 0.941. The molecule has 10 unspecified atom stereocenters. The first-order valence-electron chi connectivity index (χ1n) is 16.7. The van der Waals surface area contributed by atoms with Crippen molar-refractivity contribution < 1.29 is 24.2 Å². The average molecular weight is 545 g/mol. The largest absolute Gasteiger partial charge is 0.481 e. The van der Waals surface area contributed by atoms with Crippen molar-refractivity contribution in [3.8, 4) is 0 Å². The summed E-state index contributed by atoms with van der Waals surface area (Å²) in [4.78, 5) is 23.2. The number of fused-ring (bicyclic) bond motifs is 7. The summed E-state index contributed by atoms with van der Waals surface area (Å²) in [6, 6.07) is 0. The molecule has 0 aromatic heterocycles. The first-order chi connectivity index (χ1) is 18.7. The third-order valence-electron chi connectivity index (χ3n) is 13.2. The van der Waals surface area contributed by atoms with E-state index in [2.05, 4.69) is 27.7 Å². The minimum Gasteiger partial charge on any atom is -0.481 e.